The van der Waals surface area contributed by atoms with E-state index in [1.54, 1.807) is 24.7 Å². The van der Waals surface area contributed by atoms with Crippen LogP contribution in [0.25, 0.3) is 16.6 Å². The smallest absolute Gasteiger partial charge is 0.305 e. The molecule has 2 aromatic carbocycles. The van der Waals surface area contributed by atoms with E-state index in [2.05, 4.69) is 0 Å². The summed E-state index contributed by atoms with van der Waals surface area (Å²) in [7, 11) is 1.58. The van der Waals surface area contributed by atoms with Crippen LogP contribution in [0.5, 0.6) is 5.75 Å². The van der Waals surface area contributed by atoms with Crippen molar-refractivity contribution in [2.45, 2.75) is 31.8 Å². The standard InChI is InChI=1S/C22H24N2O4S/c1-4-28-20(25)10-7-13-29-22-23-17-9-6-5-8-16(17)21(26)24(22)18-14-15(2)11-12-19(18)27-3/h5-6,8-9,11-12,14H,4,7,10,13H2,1-3H3. The van der Waals surface area contributed by atoms with E-state index in [1.165, 1.54) is 11.8 Å². The van der Waals surface area contributed by atoms with Crippen molar-refractivity contribution < 1.29 is 14.3 Å². The van der Waals surface area contributed by atoms with Gasteiger partial charge in [0, 0.05) is 12.2 Å². The molecule has 6 nitrogen and oxygen atoms in total. The number of fused-ring (bicyclic) bond motifs is 1. The van der Waals surface area contributed by atoms with Crippen LogP contribution in [0.1, 0.15) is 25.3 Å². The molecule has 0 fully saturated rings. The Morgan fingerprint density at radius 1 is 1.21 bits per heavy atom. The maximum atomic E-state index is 13.3. The molecular formula is C22H24N2O4S. The fraction of sp³-hybridized carbons (Fsp3) is 0.318. The highest BCUT2D eigenvalue weighted by molar-refractivity contribution is 7.99. The van der Waals surface area contributed by atoms with Crippen molar-refractivity contribution in [3.8, 4) is 11.4 Å². The first-order valence-corrected chi connectivity index (χ1v) is 10.5. The van der Waals surface area contributed by atoms with Gasteiger partial charge in [-0.15, -0.1) is 0 Å². The summed E-state index contributed by atoms with van der Waals surface area (Å²) in [6.45, 7) is 4.14. The number of aromatic nitrogens is 2. The molecule has 3 rings (SSSR count). The zero-order valence-electron chi connectivity index (χ0n) is 16.8. The number of rotatable bonds is 8. The third-order valence-electron chi connectivity index (χ3n) is 4.38. The highest BCUT2D eigenvalue weighted by atomic mass is 32.2. The number of hydrogen-bond donors (Lipinski definition) is 0. The number of hydrogen-bond acceptors (Lipinski definition) is 6. The Morgan fingerprint density at radius 2 is 2.00 bits per heavy atom. The highest BCUT2D eigenvalue weighted by Gasteiger charge is 2.17. The van der Waals surface area contributed by atoms with Crippen LogP contribution in [-0.4, -0.2) is 35.0 Å². The second kappa shape index (κ2) is 9.60. The number of aryl methyl sites for hydroxylation is 1. The Bertz CT molecular complexity index is 1080. The molecule has 7 heteroatoms. The molecule has 0 bridgehead atoms. The summed E-state index contributed by atoms with van der Waals surface area (Å²) in [5.74, 6) is 1.03. The maximum Gasteiger partial charge on any atom is 0.305 e. The molecule has 1 heterocycles. The second-order valence-corrected chi connectivity index (χ2v) is 7.55. The van der Waals surface area contributed by atoms with Crippen LogP contribution in [0, 0.1) is 6.92 Å². The number of carbonyl (C=O) groups excluding carboxylic acids is 1. The number of nitrogens with zero attached hydrogens (tertiary/aromatic N) is 2. The largest absolute Gasteiger partial charge is 0.495 e. The molecule has 0 radical (unpaired) electrons. The van der Waals surface area contributed by atoms with Gasteiger partial charge in [0.05, 0.1) is 30.3 Å². The normalized spacial score (nSPS) is 10.9. The monoisotopic (exact) mass is 412 g/mol. The van der Waals surface area contributed by atoms with Gasteiger partial charge in [-0.05, 0) is 50.1 Å². The van der Waals surface area contributed by atoms with E-state index < -0.39 is 0 Å². The summed E-state index contributed by atoms with van der Waals surface area (Å²) < 4.78 is 12.1. The third-order valence-corrected chi connectivity index (χ3v) is 5.41. The lowest BCUT2D eigenvalue weighted by Gasteiger charge is -2.16. The molecule has 0 amide bonds. The van der Waals surface area contributed by atoms with Crippen molar-refractivity contribution in [3.63, 3.8) is 0 Å². The fourth-order valence-corrected chi connectivity index (χ4v) is 3.95. The first-order chi connectivity index (χ1) is 14.0. The van der Waals surface area contributed by atoms with Gasteiger partial charge in [0.2, 0.25) is 0 Å². The van der Waals surface area contributed by atoms with E-state index >= 15 is 0 Å². The van der Waals surface area contributed by atoms with Crippen LogP contribution in [0.2, 0.25) is 0 Å². The number of methoxy groups -OCH3 is 1. The molecular weight excluding hydrogens is 388 g/mol. The van der Waals surface area contributed by atoms with Crippen LogP contribution >= 0.6 is 11.8 Å². The number of carbonyl (C=O) groups is 1. The van der Waals surface area contributed by atoms with Crippen molar-refractivity contribution in [2.24, 2.45) is 0 Å². The Labute approximate surface area is 173 Å². The Balaban J connectivity index is 2.02. The molecule has 0 aliphatic heterocycles. The van der Waals surface area contributed by atoms with E-state index in [-0.39, 0.29) is 11.5 Å². The molecule has 0 unspecified atom stereocenters. The minimum atomic E-state index is -0.211. The van der Waals surface area contributed by atoms with Crippen molar-refractivity contribution in [3.05, 3.63) is 58.4 Å². The summed E-state index contributed by atoms with van der Waals surface area (Å²) in [5, 5.41) is 1.12. The second-order valence-electron chi connectivity index (χ2n) is 6.48. The quantitative estimate of drug-likeness (QED) is 0.240. The van der Waals surface area contributed by atoms with Gasteiger partial charge in [0.1, 0.15) is 5.75 Å². The first-order valence-electron chi connectivity index (χ1n) is 9.50. The van der Waals surface area contributed by atoms with E-state index in [9.17, 15) is 9.59 Å². The summed E-state index contributed by atoms with van der Waals surface area (Å²) in [6.07, 6.45) is 0.976. The van der Waals surface area contributed by atoms with Crippen molar-refractivity contribution >= 4 is 28.6 Å². The van der Waals surface area contributed by atoms with Gasteiger partial charge in [-0.2, -0.15) is 0 Å². The lowest BCUT2D eigenvalue weighted by Crippen LogP contribution is -2.22. The zero-order chi connectivity index (χ0) is 20.8. The summed E-state index contributed by atoms with van der Waals surface area (Å²) in [6, 6.07) is 13.0. The number of benzene rings is 2. The predicted molar refractivity (Wildman–Crippen MR) is 115 cm³/mol. The molecule has 152 valence electrons. The van der Waals surface area contributed by atoms with Gasteiger partial charge < -0.3 is 9.47 Å². The number of para-hydroxylation sites is 1. The van der Waals surface area contributed by atoms with Crippen LogP contribution < -0.4 is 10.3 Å². The molecule has 0 saturated heterocycles. The minimum absolute atomic E-state index is 0.146. The number of ether oxygens (including phenoxy) is 2. The Kier molecular flexibility index (Phi) is 6.93. The van der Waals surface area contributed by atoms with Crippen LogP contribution in [0.3, 0.4) is 0 Å². The average Bonchev–Trinajstić information content (AvgIpc) is 2.71. The molecule has 0 spiro atoms. The van der Waals surface area contributed by atoms with Crippen molar-refractivity contribution in [2.75, 3.05) is 19.5 Å². The SMILES string of the molecule is CCOC(=O)CCCSc1nc2ccccc2c(=O)n1-c1cc(C)ccc1OC. The van der Waals surface area contributed by atoms with Crippen molar-refractivity contribution in [1.82, 2.24) is 9.55 Å². The molecule has 0 atom stereocenters. The van der Waals surface area contributed by atoms with Gasteiger partial charge in [-0.3, -0.25) is 14.2 Å². The van der Waals surface area contributed by atoms with Gasteiger partial charge in [0.15, 0.2) is 5.16 Å². The summed E-state index contributed by atoms with van der Waals surface area (Å²) in [5.41, 5.74) is 2.17. The first kappa shape index (κ1) is 20.9. The van der Waals surface area contributed by atoms with E-state index in [0.717, 1.165) is 5.56 Å². The molecule has 0 aliphatic rings. The molecule has 29 heavy (non-hydrogen) atoms. The molecule has 0 saturated carbocycles. The summed E-state index contributed by atoms with van der Waals surface area (Å²) >= 11 is 1.44. The third kappa shape index (κ3) is 4.79. The van der Waals surface area contributed by atoms with Crippen LogP contribution in [-0.2, 0) is 9.53 Å². The fourth-order valence-electron chi connectivity index (χ4n) is 3.01. The van der Waals surface area contributed by atoms with Gasteiger partial charge >= 0.3 is 5.97 Å². The van der Waals surface area contributed by atoms with E-state index in [0.29, 0.717) is 52.7 Å². The summed E-state index contributed by atoms with van der Waals surface area (Å²) in [4.78, 5) is 29.6. The Morgan fingerprint density at radius 3 is 2.76 bits per heavy atom. The van der Waals surface area contributed by atoms with Crippen LogP contribution in [0.15, 0.2) is 52.4 Å². The lowest BCUT2D eigenvalue weighted by molar-refractivity contribution is -0.143. The topological polar surface area (TPSA) is 70.4 Å². The van der Waals surface area contributed by atoms with Crippen LogP contribution in [0.4, 0.5) is 0 Å². The number of esters is 1. The predicted octanol–water partition coefficient (Wildman–Crippen LogP) is 4.14. The molecule has 0 N–H and O–H groups in total. The van der Waals surface area contributed by atoms with Gasteiger partial charge in [-0.1, -0.05) is 30.0 Å². The van der Waals surface area contributed by atoms with E-state index in [1.807, 2.05) is 43.3 Å². The zero-order valence-corrected chi connectivity index (χ0v) is 17.6. The average molecular weight is 413 g/mol. The lowest BCUT2D eigenvalue weighted by atomic mass is 10.2. The molecule has 3 aromatic rings. The van der Waals surface area contributed by atoms with Gasteiger partial charge in [-0.25, -0.2) is 4.98 Å². The highest BCUT2D eigenvalue weighted by Crippen LogP contribution is 2.28. The molecule has 1 aromatic heterocycles. The number of thioether (sulfide) groups is 1. The van der Waals surface area contributed by atoms with Gasteiger partial charge in [0.25, 0.3) is 5.56 Å². The van der Waals surface area contributed by atoms with E-state index in [4.69, 9.17) is 14.5 Å². The molecule has 0 aliphatic carbocycles. The Hall–Kier alpha value is -2.80. The van der Waals surface area contributed by atoms with Crippen molar-refractivity contribution in [1.29, 1.82) is 0 Å². The maximum absolute atomic E-state index is 13.3. The minimum Gasteiger partial charge on any atom is -0.495 e.